The van der Waals surface area contributed by atoms with Gasteiger partial charge in [-0.25, -0.2) is 13.8 Å². The molecular formula is C15H13F2N5OS. The normalized spacial score (nSPS) is 15.4. The number of halogens is 2. The molecule has 0 bridgehead atoms. The molecule has 1 saturated heterocycles. The first-order chi connectivity index (χ1) is 11.7. The van der Waals surface area contributed by atoms with Crippen molar-refractivity contribution in [3.05, 3.63) is 35.9 Å². The molecular weight excluding hydrogens is 336 g/mol. The van der Waals surface area contributed by atoms with Crippen molar-refractivity contribution in [2.45, 2.75) is 29.6 Å². The Kier molecular flexibility index (Phi) is 4.11. The maximum atomic E-state index is 13.3. The first-order valence-corrected chi connectivity index (χ1v) is 8.33. The molecule has 0 unspecified atom stereocenters. The van der Waals surface area contributed by atoms with Crippen LogP contribution in [0.2, 0.25) is 0 Å². The van der Waals surface area contributed by atoms with Crippen LogP contribution in [0, 0.1) is 11.6 Å². The number of fused-ring (bicyclic) bond motifs is 1. The van der Waals surface area contributed by atoms with Crippen molar-refractivity contribution < 1.29 is 13.2 Å². The predicted molar refractivity (Wildman–Crippen MR) is 82.4 cm³/mol. The van der Waals surface area contributed by atoms with Gasteiger partial charge in [-0.05, 0) is 37.7 Å². The maximum Gasteiger partial charge on any atom is 0.283 e. The largest absolute Gasteiger partial charge is 0.414 e. The van der Waals surface area contributed by atoms with Crippen LogP contribution in [-0.4, -0.2) is 38.2 Å². The highest BCUT2D eigenvalue weighted by molar-refractivity contribution is 7.99. The average Bonchev–Trinajstić information content (AvgIpc) is 3.21. The highest BCUT2D eigenvalue weighted by Crippen LogP contribution is 2.26. The van der Waals surface area contributed by atoms with Gasteiger partial charge in [-0.2, -0.15) is 0 Å². The molecule has 0 spiro atoms. The Bertz CT molecular complexity index is 881. The second kappa shape index (κ2) is 6.40. The van der Waals surface area contributed by atoms with Gasteiger partial charge in [0.1, 0.15) is 5.03 Å². The van der Waals surface area contributed by atoms with Gasteiger partial charge in [-0.3, -0.25) is 9.88 Å². The lowest BCUT2D eigenvalue weighted by molar-refractivity contribution is 0.278. The topological polar surface area (TPSA) is 67.9 Å². The van der Waals surface area contributed by atoms with Crippen LogP contribution in [0.15, 0.2) is 33.0 Å². The van der Waals surface area contributed by atoms with Crippen LogP contribution in [0.5, 0.6) is 0 Å². The summed E-state index contributed by atoms with van der Waals surface area (Å²) in [5.74, 6) is -1.34. The quantitative estimate of drug-likeness (QED) is 0.717. The first kappa shape index (κ1) is 15.4. The van der Waals surface area contributed by atoms with E-state index < -0.39 is 11.6 Å². The molecule has 1 aromatic carbocycles. The Balaban J connectivity index is 1.51. The van der Waals surface area contributed by atoms with E-state index in [-0.39, 0.29) is 5.52 Å². The maximum absolute atomic E-state index is 13.3. The molecule has 124 valence electrons. The zero-order valence-corrected chi connectivity index (χ0v) is 13.4. The third-order valence-corrected chi connectivity index (χ3v) is 4.51. The Morgan fingerprint density at radius 3 is 2.62 bits per heavy atom. The summed E-state index contributed by atoms with van der Waals surface area (Å²) in [5.41, 5.74) is 0.564. The van der Waals surface area contributed by atoms with Gasteiger partial charge >= 0.3 is 0 Å². The van der Waals surface area contributed by atoms with E-state index >= 15 is 0 Å². The van der Waals surface area contributed by atoms with Gasteiger partial charge in [0.15, 0.2) is 11.6 Å². The lowest BCUT2D eigenvalue weighted by atomic mass is 10.3. The van der Waals surface area contributed by atoms with Gasteiger partial charge in [0, 0.05) is 12.1 Å². The van der Waals surface area contributed by atoms with Gasteiger partial charge < -0.3 is 4.42 Å². The molecule has 0 radical (unpaired) electrons. The first-order valence-electron chi connectivity index (χ1n) is 7.52. The van der Waals surface area contributed by atoms with Crippen molar-refractivity contribution in [2.75, 3.05) is 13.1 Å². The highest BCUT2D eigenvalue weighted by Gasteiger charge is 2.16. The van der Waals surface area contributed by atoms with Gasteiger partial charge in [0.25, 0.3) is 5.22 Å². The van der Waals surface area contributed by atoms with E-state index in [4.69, 9.17) is 4.42 Å². The number of likely N-dealkylation sites (tertiary alicyclic amines) is 1. The van der Waals surface area contributed by atoms with Crippen molar-refractivity contribution >= 4 is 22.8 Å². The van der Waals surface area contributed by atoms with Crippen molar-refractivity contribution in [3.63, 3.8) is 0 Å². The third kappa shape index (κ3) is 3.22. The van der Waals surface area contributed by atoms with Crippen LogP contribution in [0.1, 0.15) is 18.7 Å². The number of hydrogen-bond acceptors (Lipinski definition) is 7. The lowest BCUT2D eigenvalue weighted by Gasteiger charge is -2.10. The molecule has 24 heavy (non-hydrogen) atoms. The molecule has 4 rings (SSSR count). The van der Waals surface area contributed by atoms with Gasteiger partial charge in [-0.15, -0.1) is 10.2 Å². The number of aromatic nitrogens is 4. The second-order valence-electron chi connectivity index (χ2n) is 5.51. The summed E-state index contributed by atoms with van der Waals surface area (Å²) in [5, 5.41) is 8.83. The zero-order valence-electron chi connectivity index (χ0n) is 12.6. The van der Waals surface area contributed by atoms with E-state index in [1.165, 1.54) is 19.0 Å². The Morgan fingerprint density at radius 2 is 1.83 bits per heavy atom. The summed E-state index contributed by atoms with van der Waals surface area (Å²) < 4.78 is 32.1. The molecule has 1 aliphatic rings. The van der Waals surface area contributed by atoms with E-state index in [1.807, 2.05) is 0 Å². The second-order valence-corrected chi connectivity index (χ2v) is 6.48. The van der Waals surface area contributed by atoms with Crippen LogP contribution in [0.25, 0.3) is 11.0 Å². The molecule has 1 fully saturated rings. The fourth-order valence-electron chi connectivity index (χ4n) is 2.61. The number of rotatable bonds is 4. The number of benzene rings is 1. The van der Waals surface area contributed by atoms with E-state index in [0.717, 1.165) is 37.0 Å². The minimum Gasteiger partial charge on any atom is -0.414 e. The van der Waals surface area contributed by atoms with Crippen LogP contribution >= 0.6 is 11.8 Å². The number of hydrogen-bond donors (Lipinski definition) is 0. The van der Waals surface area contributed by atoms with Gasteiger partial charge in [0.2, 0.25) is 5.89 Å². The molecule has 9 heteroatoms. The highest BCUT2D eigenvalue weighted by atomic mass is 32.2. The fourth-order valence-corrected chi connectivity index (χ4v) is 3.25. The molecule has 0 aliphatic carbocycles. The molecule has 0 atom stereocenters. The van der Waals surface area contributed by atoms with Crippen molar-refractivity contribution in [1.82, 2.24) is 25.1 Å². The van der Waals surface area contributed by atoms with E-state index in [0.29, 0.717) is 28.2 Å². The molecule has 0 N–H and O–H groups in total. The summed E-state index contributed by atoms with van der Waals surface area (Å²) in [6.07, 6.45) is 3.86. The number of nitrogens with zero attached hydrogens (tertiary/aromatic N) is 5. The smallest absolute Gasteiger partial charge is 0.283 e. The zero-order chi connectivity index (χ0) is 16.5. The van der Waals surface area contributed by atoms with Gasteiger partial charge in [0.05, 0.1) is 23.8 Å². The molecule has 6 nitrogen and oxygen atoms in total. The summed E-state index contributed by atoms with van der Waals surface area (Å²) in [7, 11) is 0. The molecule has 3 heterocycles. The minimum atomic E-state index is -0.954. The summed E-state index contributed by atoms with van der Waals surface area (Å²) >= 11 is 1.14. The summed E-state index contributed by atoms with van der Waals surface area (Å²) in [6.45, 7) is 2.73. The van der Waals surface area contributed by atoms with Crippen molar-refractivity contribution in [1.29, 1.82) is 0 Å². The van der Waals surface area contributed by atoms with Crippen LogP contribution in [-0.2, 0) is 6.54 Å². The Labute approximate surface area is 140 Å². The van der Waals surface area contributed by atoms with Crippen molar-refractivity contribution in [3.8, 4) is 0 Å². The SMILES string of the molecule is Fc1cc2ncc(Sc3nnc(CN4CCCC4)o3)nc2cc1F. The minimum absolute atomic E-state index is 0.274. The molecule has 3 aromatic rings. The molecule has 1 aliphatic heterocycles. The van der Waals surface area contributed by atoms with Crippen LogP contribution in [0.3, 0.4) is 0 Å². The average molecular weight is 349 g/mol. The van der Waals surface area contributed by atoms with Crippen LogP contribution in [0.4, 0.5) is 8.78 Å². The van der Waals surface area contributed by atoms with E-state index in [1.54, 1.807) is 0 Å². The molecule has 0 saturated carbocycles. The lowest BCUT2D eigenvalue weighted by Crippen LogP contribution is -2.18. The van der Waals surface area contributed by atoms with Gasteiger partial charge in [-0.1, -0.05) is 0 Å². The standard InChI is InChI=1S/C15H13F2N5OS/c16-9-5-11-12(6-10(9)17)19-14(7-18-11)24-15-21-20-13(23-15)8-22-3-1-2-4-22/h5-7H,1-4,8H2. The van der Waals surface area contributed by atoms with Crippen molar-refractivity contribution in [2.24, 2.45) is 0 Å². The van der Waals surface area contributed by atoms with E-state index in [2.05, 4.69) is 25.1 Å². The monoisotopic (exact) mass is 349 g/mol. The summed E-state index contributed by atoms with van der Waals surface area (Å²) in [6, 6.07) is 2.04. The fraction of sp³-hybridized carbons (Fsp3) is 0.333. The van der Waals surface area contributed by atoms with E-state index in [9.17, 15) is 8.78 Å². The molecule has 0 amide bonds. The Hall–Kier alpha value is -2.13. The predicted octanol–water partition coefficient (Wildman–Crippen LogP) is 3.04. The van der Waals surface area contributed by atoms with Crippen LogP contribution < -0.4 is 0 Å². The summed E-state index contributed by atoms with van der Waals surface area (Å²) in [4.78, 5) is 10.6. The third-order valence-electron chi connectivity index (χ3n) is 3.76. The molecule has 2 aromatic heterocycles. The Morgan fingerprint density at radius 1 is 1.08 bits per heavy atom.